The number of rotatable bonds is 2. The highest BCUT2D eigenvalue weighted by Crippen LogP contribution is 2.31. The Morgan fingerprint density at radius 1 is 1.39 bits per heavy atom. The van der Waals surface area contributed by atoms with Crippen molar-refractivity contribution < 1.29 is 18.8 Å². The number of hydrogen-bond acceptors (Lipinski definition) is 5. The number of nitrogens with zero attached hydrogens (tertiary/aromatic N) is 2. The fraction of sp³-hybridized carbons (Fsp3) is 0.333. The number of phenols is 1. The number of aromatic nitrogens is 2. The minimum absolute atomic E-state index is 0.0949. The monoisotopic (exact) mass is 250 g/mol. The maximum Gasteiger partial charge on any atom is 0.261 e. The van der Waals surface area contributed by atoms with E-state index in [4.69, 9.17) is 9.26 Å². The van der Waals surface area contributed by atoms with Gasteiger partial charge in [0.1, 0.15) is 17.7 Å². The molecule has 1 fully saturated rings. The molecule has 1 aliphatic heterocycles. The number of aromatic hydroxyl groups is 1. The van der Waals surface area contributed by atoms with E-state index in [9.17, 15) is 9.50 Å². The molecule has 0 saturated carbocycles. The van der Waals surface area contributed by atoms with Gasteiger partial charge < -0.3 is 14.4 Å². The summed E-state index contributed by atoms with van der Waals surface area (Å²) in [5.74, 6) is -0.0396. The van der Waals surface area contributed by atoms with Gasteiger partial charge in [0.15, 0.2) is 0 Å². The van der Waals surface area contributed by atoms with Crippen LogP contribution in [0, 0.1) is 5.82 Å². The molecule has 1 unspecified atom stereocenters. The summed E-state index contributed by atoms with van der Waals surface area (Å²) in [6, 6.07) is 3.57. The Morgan fingerprint density at radius 2 is 2.28 bits per heavy atom. The second kappa shape index (κ2) is 4.38. The SMILES string of the molecule is Oc1ccc(F)cc1-c1nc(C2CCCO2)no1. The fourth-order valence-corrected chi connectivity index (χ4v) is 1.94. The zero-order chi connectivity index (χ0) is 12.5. The van der Waals surface area contributed by atoms with Crippen molar-refractivity contribution in [3.05, 3.63) is 29.8 Å². The van der Waals surface area contributed by atoms with Crippen molar-refractivity contribution in [2.75, 3.05) is 6.61 Å². The van der Waals surface area contributed by atoms with Crippen molar-refractivity contribution in [2.45, 2.75) is 18.9 Å². The van der Waals surface area contributed by atoms with Crippen molar-refractivity contribution in [3.8, 4) is 17.2 Å². The standard InChI is InChI=1S/C12H11FN2O3/c13-7-3-4-9(16)8(6-7)12-14-11(15-18-12)10-2-1-5-17-10/h3-4,6,10,16H,1-2,5H2. The van der Waals surface area contributed by atoms with E-state index in [1.807, 2.05) is 0 Å². The maximum atomic E-state index is 13.1. The number of benzene rings is 1. The van der Waals surface area contributed by atoms with Crippen LogP contribution in [0.15, 0.2) is 22.7 Å². The Balaban J connectivity index is 1.94. The van der Waals surface area contributed by atoms with Crippen LogP contribution in [0.4, 0.5) is 4.39 Å². The minimum Gasteiger partial charge on any atom is -0.507 e. The summed E-state index contributed by atoms with van der Waals surface area (Å²) in [5, 5.41) is 13.4. The van der Waals surface area contributed by atoms with Crippen molar-refractivity contribution >= 4 is 0 Å². The smallest absolute Gasteiger partial charge is 0.261 e. The molecule has 94 valence electrons. The highest BCUT2D eigenvalue weighted by Gasteiger charge is 2.24. The van der Waals surface area contributed by atoms with Gasteiger partial charge in [-0.2, -0.15) is 4.98 Å². The molecule has 2 heterocycles. The van der Waals surface area contributed by atoms with E-state index < -0.39 is 5.82 Å². The molecule has 0 bridgehead atoms. The van der Waals surface area contributed by atoms with Crippen molar-refractivity contribution in [2.24, 2.45) is 0 Å². The van der Waals surface area contributed by atoms with Gasteiger partial charge in [0.05, 0.1) is 5.56 Å². The van der Waals surface area contributed by atoms with Crippen LogP contribution in [-0.2, 0) is 4.74 Å². The van der Waals surface area contributed by atoms with Crippen molar-refractivity contribution in [1.29, 1.82) is 0 Å². The summed E-state index contributed by atoms with van der Waals surface area (Å²) in [4.78, 5) is 4.14. The van der Waals surface area contributed by atoms with Gasteiger partial charge >= 0.3 is 0 Å². The van der Waals surface area contributed by atoms with Crippen LogP contribution in [0.2, 0.25) is 0 Å². The van der Waals surface area contributed by atoms with Gasteiger partial charge in [-0.25, -0.2) is 4.39 Å². The van der Waals surface area contributed by atoms with E-state index in [-0.39, 0.29) is 23.3 Å². The molecule has 1 N–H and O–H groups in total. The molecule has 1 aliphatic rings. The van der Waals surface area contributed by atoms with Gasteiger partial charge in [-0.05, 0) is 31.0 Å². The predicted molar refractivity (Wildman–Crippen MR) is 59.3 cm³/mol. The second-order valence-electron chi connectivity index (χ2n) is 4.12. The largest absolute Gasteiger partial charge is 0.507 e. The number of ether oxygens (including phenoxy) is 1. The van der Waals surface area contributed by atoms with Gasteiger partial charge in [-0.3, -0.25) is 0 Å². The fourth-order valence-electron chi connectivity index (χ4n) is 1.94. The summed E-state index contributed by atoms with van der Waals surface area (Å²) in [5.41, 5.74) is 0.187. The average molecular weight is 250 g/mol. The normalized spacial score (nSPS) is 19.3. The molecule has 1 aromatic heterocycles. The van der Waals surface area contributed by atoms with Crippen molar-refractivity contribution in [3.63, 3.8) is 0 Å². The van der Waals surface area contributed by atoms with Crippen LogP contribution in [0.25, 0.3) is 11.5 Å². The zero-order valence-electron chi connectivity index (χ0n) is 9.47. The third kappa shape index (κ3) is 1.95. The lowest BCUT2D eigenvalue weighted by atomic mass is 10.2. The lowest BCUT2D eigenvalue weighted by molar-refractivity contribution is 0.103. The lowest BCUT2D eigenvalue weighted by Gasteiger charge is -2.01. The third-order valence-corrected chi connectivity index (χ3v) is 2.85. The van der Waals surface area contributed by atoms with E-state index in [2.05, 4.69) is 10.1 Å². The van der Waals surface area contributed by atoms with E-state index in [0.29, 0.717) is 12.4 Å². The first-order chi connectivity index (χ1) is 8.74. The predicted octanol–water partition coefficient (Wildman–Crippen LogP) is 2.43. The van der Waals surface area contributed by atoms with E-state index in [0.717, 1.165) is 25.0 Å². The van der Waals surface area contributed by atoms with Gasteiger partial charge in [0.2, 0.25) is 5.82 Å². The summed E-state index contributed by atoms with van der Waals surface area (Å²) in [6.07, 6.45) is 1.63. The second-order valence-corrected chi connectivity index (χ2v) is 4.12. The first-order valence-corrected chi connectivity index (χ1v) is 5.68. The molecular formula is C12H11FN2O3. The van der Waals surface area contributed by atoms with Crippen LogP contribution >= 0.6 is 0 Å². The third-order valence-electron chi connectivity index (χ3n) is 2.85. The summed E-state index contributed by atoms with van der Waals surface area (Å²) in [7, 11) is 0. The highest BCUT2D eigenvalue weighted by molar-refractivity contribution is 5.61. The minimum atomic E-state index is -0.473. The van der Waals surface area contributed by atoms with Gasteiger partial charge in [0, 0.05) is 6.61 Å². The molecule has 3 rings (SSSR count). The Kier molecular flexibility index (Phi) is 2.71. The average Bonchev–Trinajstić information content (AvgIpc) is 3.00. The first kappa shape index (κ1) is 11.2. The summed E-state index contributed by atoms with van der Waals surface area (Å²) < 4.78 is 23.6. The molecule has 0 radical (unpaired) electrons. The van der Waals surface area contributed by atoms with E-state index in [1.165, 1.54) is 6.07 Å². The lowest BCUT2D eigenvalue weighted by Crippen LogP contribution is -1.97. The van der Waals surface area contributed by atoms with Crippen LogP contribution in [0.3, 0.4) is 0 Å². The van der Waals surface area contributed by atoms with Crippen LogP contribution in [0.1, 0.15) is 24.8 Å². The van der Waals surface area contributed by atoms with Crippen molar-refractivity contribution in [1.82, 2.24) is 10.1 Å². The molecule has 1 atom stereocenters. The Morgan fingerprint density at radius 3 is 3.06 bits per heavy atom. The Labute approximate surface area is 102 Å². The number of halogens is 1. The van der Waals surface area contributed by atoms with Gasteiger partial charge in [0.25, 0.3) is 5.89 Å². The number of phenolic OH excluding ortho intramolecular Hbond substituents is 1. The first-order valence-electron chi connectivity index (χ1n) is 5.68. The highest BCUT2D eigenvalue weighted by atomic mass is 19.1. The van der Waals surface area contributed by atoms with E-state index in [1.54, 1.807) is 0 Å². The molecule has 0 aliphatic carbocycles. The summed E-state index contributed by atoms with van der Waals surface area (Å²) >= 11 is 0. The van der Waals surface area contributed by atoms with Crippen LogP contribution < -0.4 is 0 Å². The van der Waals surface area contributed by atoms with Crippen LogP contribution in [0.5, 0.6) is 5.75 Å². The molecule has 0 spiro atoms. The quantitative estimate of drug-likeness (QED) is 0.886. The molecule has 1 aromatic carbocycles. The molecule has 6 heteroatoms. The zero-order valence-corrected chi connectivity index (χ0v) is 9.47. The Hall–Kier alpha value is -1.95. The molecule has 0 amide bonds. The molecule has 18 heavy (non-hydrogen) atoms. The molecular weight excluding hydrogens is 239 g/mol. The van der Waals surface area contributed by atoms with E-state index >= 15 is 0 Å². The molecule has 2 aromatic rings. The molecule has 5 nitrogen and oxygen atoms in total. The Bertz CT molecular complexity index is 564. The maximum absolute atomic E-state index is 13.1. The van der Waals surface area contributed by atoms with Crippen LogP contribution in [-0.4, -0.2) is 21.9 Å². The molecule has 1 saturated heterocycles. The number of hydrogen-bond donors (Lipinski definition) is 1. The van der Waals surface area contributed by atoms with Gasteiger partial charge in [-0.1, -0.05) is 5.16 Å². The van der Waals surface area contributed by atoms with Gasteiger partial charge in [-0.15, -0.1) is 0 Å². The summed E-state index contributed by atoms with van der Waals surface area (Å²) in [6.45, 7) is 0.680. The topological polar surface area (TPSA) is 68.4 Å².